The molecule has 6 nitrogen and oxygen atoms in total. The summed E-state index contributed by atoms with van der Waals surface area (Å²) in [6, 6.07) is 11.8. The Labute approximate surface area is 280 Å². The fourth-order valence-electron chi connectivity index (χ4n) is 8.94. The van der Waals surface area contributed by atoms with Gasteiger partial charge < -0.3 is 9.64 Å². The highest BCUT2D eigenvalue weighted by atomic mass is 35.5. The van der Waals surface area contributed by atoms with Crippen LogP contribution < -0.4 is 14.4 Å². The molecule has 8 heteroatoms. The molecule has 1 amide bonds. The first kappa shape index (κ1) is 32.1. The molecule has 2 saturated carbocycles. The van der Waals surface area contributed by atoms with Gasteiger partial charge in [-0.1, -0.05) is 62.9 Å². The van der Waals surface area contributed by atoms with Crippen LogP contribution in [0.2, 0.25) is 5.02 Å². The molecule has 2 heterocycles. The molecule has 2 bridgehead atoms. The molecule has 2 aromatic rings. The van der Waals surface area contributed by atoms with Crippen LogP contribution in [0.25, 0.3) is 0 Å². The van der Waals surface area contributed by atoms with Gasteiger partial charge >= 0.3 is 0 Å². The van der Waals surface area contributed by atoms with Crippen LogP contribution in [-0.2, 0) is 21.9 Å². The molecule has 6 atom stereocenters. The van der Waals surface area contributed by atoms with Crippen LogP contribution in [0.4, 0.5) is 5.69 Å². The maximum Gasteiger partial charge on any atom is 0.264 e. The lowest BCUT2D eigenvalue weighted by molar-refractivity contribution is 0.0980. The first-order valence-corrected chi connectivity index (χ1v) is 19.6. The summed E-state index contributed by atoms with van der Waals surface area (Å²) in [4.78, 5) is 16.2. The van der Waals surface area contributed by atoms with Gasteiger partial charge in [0.05, 0.1) is 17.5 Å². The van der Waals surface area contributed by atoms with Crippen LogP contribution in [0, 0.1) is 29.6 Å². The van der Waals surface area contributed by atoms with Crippen molar-refractivity contribution in [3.8, 4) is 5.75 Å². The second-order valence-electron chi connectivity index (χ2n) is 15.1. The standard InChI is InChI=1S/C38H49ClN2O4S/c1-3-6-27-8-4-7-25(2)36(19-26-10-11-26)46(43,44)40-37(42)29-13-17-35-34(21-29)41(22-30-12-15-32(27)30)23-38(24-45-35)18-5-9-28-20-31(39)14-16-33(28)38/h4,8,13-14,16-17,20-21,25-27,30,32,36H,3,5-7,9-12,15,18-19,22-24H2,1-2H3,(H,40,42)/b8-4+/t25?,27?,30?,32?,36?,38-/m0/s1. The molecular formula is C38H49ClN2O4S. The summed E-state index contributed by atoms with van der Waals surface area (Å²) in [6.07, 6.45) is 15.9. The molecular weight excluding hydrogens is 616 g/mol. The van der Waals surface area contributed by atoms with Crippen LogP contribution in [0.3, 0.4) is 0 Å². The summed E-state index contributed by atoms with van der Waals surface area (Å²) < 4.78 is 36.9. The number of aryl methyl sites for hydroxylation is 1. The molecule has 2 aromatic carbocycles. The smallest absolute Gasteiger partial charge is 0.264 e. The van der Waals surface area contributed by atoms with Crippen molar-refractivity contribution in [1.82, 2.24) is 4.72 Å². The van der Waals surface area contributed by atoms with Gasteiger partial charge in [-0.05, 0) is 122 Å². The predicted octanol–water partition coefficient (Wildman–Crippen LogP) is 8.08. The van der Waals surface area contributed by atoms with Gasteiger partial charge in [0.2, 0.25) is 10.0 Å². The van der Waals surface area contributed by atoms with E-state index in [9.17, 15) is 13.2 Å². The van der Waals surface area contributed by atoms with E-state index in [1.807, 2.05) is 25.1 Å². The average Bonchev–Trinajstić information content (AvgIpc) is 3.85. The van der Waals surface area contributed by atoms with Crippen LogP contribution in [0.1, 0.15) is 99.5 Å². The van der Waals surface area contributed by atoms with Crippen molar-refractivity contribution in [3.05, 3.63) is 70.3 Å². The molecule has 0 saturated heterocycles. The molecule has 2 aliphatic heterocycles. The van der Waals surface area contributed by atoms with Crippen molar-refractivity contribution in [1.29, 1.82) is 0 Å². The Bertz CT molecular complexity index is 1600. The molecule has 0 aromatic heterocycles. The topological polar surface area (TPSA) is 75.7 Å². The third-order valence-corrected chi connectivity index (χ3v) is 14.0. The van der Waals surface area contributed by atoms with E-state index in [-0.39, 0.29) is 11.3 Å². The van der Waals surface area contributed by atoms with Gasteiger partial charge in [0.25, 0.3) is 5.91 Å². The lowest BCUT2D eigenvalue weighted by Crippen LogP contribution is -2.49. The Morgan fingerprint density at radius 1 is 1.11 bits per heavy atom. The predicted molar refractivity (Wildman–Crippen MR) is 185 cm³/mol. The Morgan fingerprint density at radius 3 is 2.72 bits per heavy atom. The summed E-state index contributed by atoms with van der Waals surface area (Å²) in [5.41, 5.74) is 3.68. The average molecular weight is 665 g/mol. The van der Waals surface area contributed by atoms with E-state index in [0.29, 0.717) is 48.7 Å². The molecule has 1 spiro atoms. The second kappa shape index (κ2) is 12.8. The minimum atomic E-state index is -3.88. The van der Waals surface area contributed by atoms with Gasteiger partial charge in [-0.15, -0.1) is 0 Å². The van der Waals surface area contributed by atoms with Gasteiger partial charge in [-0.3, -0.25) is 4.79 Å². The summed E-state index contributed by atoms with van der Waals surface area (Å²) in [5.74, 6) is 2.20. The van der Waals surface area contributed by atoms with Crippen LogP contribution in [0.5, 0.6) is 5.75 Å². The van der Waals surface area contributed by atoms with Crippen LogP contribution in [-0.4, -0.2) is 39.3 Å². The first-order chi connectivity index (χ1) is 22.2. The first-order valence-electron chi connectivity index (χ1n) is 17.7. The summed E-state index contributed by atoms with van der Waals surface area (Å²) in [5, 5.41) is 0.174. The maximum absolute atomic E-state index is 13.8. The zero-order chi connectivity index (χ0) is 32.1. The molecule has 2 fully saturated rings. The zero-order valence-electron chi connectivity index (χ0n) is 27.3. The van der Waals surface area contributed by atoms with Crippen molar-refractivity contribution in [2.75, 3.05) is 24.6 Å². The Morgan fingerprint density at radius 2 is 1.96 bits per heavy atom. The summed E-state index contributed by atoms with van der Waals surface area (Å²) >= 11 is 6.45. The number of sulfonamides is 1. The number of hydrogen-bond acceptors (Lipinski definition) is 5. The molecule has 7 rings (SSSR count). The lowest BCUT2D eigenvalue weighted by atomic mass is 9.65. The number of fused-ring (bicyclic) bond motifs is 4. The monoisotopic (exact) mass is 664 g/mol. The zero-order valence-corrected chi connectivity index (χ0v) is 28.9. The van der Waals surface area contributed by atoms with Gasteiger partial charge in [-0.25, -0.2) is 13.1 Å². The third-order valence-electron chi connectivity index (χ3n) is 11.8. The number of ether oxygens (including phenoxy) is 1. The Kier molecular flexibility index (Phi) is 8.94. The summed E-state index contributed by atoms with van der Waals surface area (Å²) in [7, 11) is -3.88. The Hall–Kier alpha value is -2.51. The number of halogens is 1. The lowest BCUT2D eigenvalue weighted by Gasteiger charge is -2.46. The minimum Gasteiger partial charge on any atom is -0.490 e. The molecule has 248 valence electrons. The SMILES string of the molecule is CCCC1/C=C/CC(C)C(CC2CC2)S(=O)(=O)NC(=O)c2ccc3c(c2)N(CC2CCC12)C[C@@]1(CCCc2cc(Cl)ccc21)CO3. The highest BCUT2D eigenvalue weighted by molar-refractivity contribution is 7.90. The van der Waals surface area contributed by atoms with E-state index in [4.69, 9.17) is 16.3 Å². The van der Waals surface area contributed by atoms with Crippen LogP contribution >= 0.6 is 11.6 Å². The van der Waals surface area contributed by atoms with Crippen molar-refractivity contribution in [2.45, 2.75) is 95.1 Å². The summed E-state index contributed by atoms with van der Waals surface area (Å²) in [6.45, 7) is 6.54. The molecule has 5 aliphatic rings. The maximum atomic E-state index is 13.8. The van der Waals surface area contributed by atoms with E-state index >= 15 is 0 Å². The van der Waals surface area contributed by atoms with E-state index < -0.39 is 21.2 Å². The second-order valence-corrected chi connectivity index (χ2v) is 17.4. The molecule has 46 heavy (non-hydrogen) atoms. The van der Waals surface area contributed by atoms with Crippen molar-refractivity contribution < 1.29 is 17.9 Å². The fraction of sp³-hybridized carbons (Fsp3) is 0.605. The molecule has 1 N–H and O–H groups in total. The third kappa shape index (κ3) is 6.35. The van der Waals surface area contributed by atoms with Gasteiger partial charge in [0.15, 0.2) is 0 Å². The normalized spacial score (nSPS) is 33.1. The van der Waals surface area contributed by atoms with Crippen LogP contribution in [0.15, 0.2) is 48.6 Å². The van der Waals surface area contributed by atoms with Crippen molar-refractivity contribution in [2.24, 2.45) is 29.6 Å². The number of anilines is 1. The van der Waals surface area contributed by atoms with Crippen molar-refractivity contribution >= 4 is 33.2 Å². The van der Waals surface area contributed by atoms with E-state index in [0.717, 1.165) is 74.5 Å². The molecule has 3 aliphatic carbocycles. The van der Waals surface area contributed by atoms with Gasteiger partial charge in [-0.2, -0.15) is 0 Å². The minimum absolute atomic E-state index is 0.0742. The highest BCUT2D eigenvalue weighted by Gasteiger charge is 2.44. The van der Waals surface area contributed by atoms with E-state index in [2.05, 4.69) is 40.8 Å². The fourth-order valence-corrected chi connectivity index (χ4v) is 10.9. The number of carbonyl (C=O) groups is 1. The number of benzene rings is 2. The van der Waals surface area contributed by atoms with E-state index in [1.54, 1.807) is 6.07 Å². The number of nitrogens with zero attached hydrogens (tertiary/aromatic N) is 1. The number of allylic oxidation sites excluding steroid dienone is 2. The number of amides is 1. The largest absolute Gasteiger partial charge is 0.490 e. The number of carbonyl (C=O) groups excluding carboxylic acids is 1. The highest BCUT2D eigenvalue weighted by Crippen LogP contribution is 2.48. The Balaban J connectivity index is 1.29. The number of rotatable bonds is 4. The van der Waals surface area contributed by atoms with E-state index in [1.165, 1.54) is 24.0 Å². The van der Waals surface area contributed by atoms with Gasteiger partial charge in [0, 0.05) is 29.1 Å². The molecule has 5 unspecified atom stereocenters. The van der Waals surface area contributed by atoms with Crippen molar-refractivity contribution in [3.63, 3.8) is 0 Å². The quantitative estimate of drug-likeness (QED) is 0.335. The molecule has 0 radical (unpaired) electrons. The number of nitrogens with one attached hydrogen (secondary N) is 1. The number of hydrogen-bond donors (Lipinski definition) is 1. The van der Waals surface area contributed by atoms with Gasteiger partial charge in [0.1, 0.15) is 5.75 Å².